The Bertz CT molecular complexity index is 2720. The minimum absolute atomic E-state index is 0.0734. The number of benzene rings is 9. The summed E-state index contributed by atoms with van der Waals surface area (Å²) in [6.45, 7) is 4.77. The molecule has 0 aromatic heterocycles. The Morgan fingerprint density at radius 1 is 0.327 bits per heavy atom. The van der Waals surface area contributed by atoms with Crippen molar-refractivity contribution in [3.05, 3.63) is 181 Å². The van der Waals surface area contributed by atoms with Crippen molar-refractivity contribution in [3.63, 3.8) is 0 Å². The predicted molar refractivity (Wildman–Crippen MR) is 210 cm³/mol. The second kappa shape index (κ2) is 10.5. The van der Waals surface area contributed by atoms with Crippen LogP contribution in [-0.2, 0) is 5.41 Å². The Morgan fingerprint density at radius 2 is 0.878 bits per heavy atom. The van der Waals surface area contributed by atoms with Crippen LogP contribution in [0.4, 0.5) is 0 Å². The van der Waals surface area contributed by atoms with E-state index in [1.807, 2.05) is 0 Å². The molecule has 0 nitrogen and oxygen atoms in total. The van der Waals surface area contributed by atoms with E-state index < -0.39 is 0 Å². The number of rotatable bonds is 3. The van der Waals surface area contributed by atoms with Gasteiger partial charge in [0.25, 0.3) is 0 Å². The minimum Gasteiger partial charge on any atom is -0.0622 e. The van der Waals surface area contributed by atoms with E-state index in [2.05, 4.69) is 184 Å². The third-order valence-corrected chi connectivity index (χ3v) is 11.0. The maximum atomic E-state index is 2.38. The molecule has 0 atom stereocenters. The first kappa shape index (κ1) is 28.1. The maximum absolute atomic E-state index is 2.38. The molecule has 0 fully saturated rings. The molecule has 9 aromatic rings. The minimum atomic E-state index is -0.0734. The lowest BCUT2D eigenvalue weighted by molar-refractivity contribution is 0.666. The lowest BCUT2D eigenvalue weighted by atomic mass is 9.79. The molecule has 0 saturated heterocycles. The number of hydrogen-bond acceptors (Lipinski definition) is 0. The van der Waals surface area contributed by atoms with Crippen molar-refractivity contribution < 1.29 is 0 Å². The molecule has 49 heavy (non-hydrogen) atoms. The summed E-state index contributed by atoms with van der Waals surface area (Å²) in [6.07, 6.45) is 0. The van der Waals surface area contributed by atoms with E-state index in [4.69, 9.17) is 0 Å². The highest BCUT2D eigenvalue weighted by Gasteiger charge is 2.36. The first-order valence-electron chi connectivity index (χ1n) is 17.3. The van der Waals surface area contributed by atoms with Gasteiger partial charge in [0.1, 0.15) is 0 Å². The molecule has 0 aliphatic heterocycles. The van der Waals surface area contributed by atoms with Gasteiger partial charge in [-0.25, -0.2) is 0 Å². The average molecular weight is 623 g/mol. The van der Waals surface area contributed by atoms with E-state index in [-0.39, 0.29) is 5.41 Å². The smallest absolute Gasteiger partial charge is 0.0165 e. The standard InChI is InChI=1S/C49H34/c1-49(2)45-22-11-10-15-37(45)44-28-27-36-38(20-12-21-43(36)48(44)49)47-41-18-8-6-16-39(41)46(40-17-7-9-19-42(40)47)35-26-25-33-29-32(23-24-34(33)30-35)31-13-4-3-5-14-31/h3-30H,1-2H3. The fourth-order valence-corrected chi connectivity index (χ4v) is 8.81. The summed E-state index contributed by atoms with van der Waals surface area (Å²) in [6, 6.07) is 63.1. The van der Waals surface area contributed by atoms with Crippen LogP contribution >= 0.6 is 0 Å². The van der Waals surface area contributed by atoms with Crippen molar-refractivity contribution in [2.75, 3.05) is 0 Å². The summed E-state index contributed by atoms with van der Waals surface area (Å²) in [7, 11) is 0. The molecule has 230 valence electrons. The molecule has 10 rings (SSSR count). The molecular weight excluding hydrogens is 589 g/mol. The van der Waals surface area contributed by atoms with Crippen LogP contribution in [-0.4, -0.2) is 0 Å². The molecule has 0 heteroatoms. The largest absolute Gasteiger partial charge is 0.0622 e. The van der Waals surface area contributed by atoms with E-state index in [0.29, 0.717) is 0 Å². The van der Waals surface area contributed by atoms with Crippen molar-refractivity contribution in [1.82, 2.24) is 0 Å². The van der Waals surface area contributed by atoms with Gasteiger partial charge in [0, 0.05) is 5.41 Å². The second-order valence-electron chi connectivity index (χ2n) is 14.0. The van der Waals surface area contributed by atoms with E-state index in [1.165, 1.54) is 98.7 Å². The fourth-order valence-electron chi connectivity index (χ4n) is 8.81. The Kier molecular flexibility index (Phi) is 6.02. The van der Waals surface area contributed by atoms with Crippen LogP contribution in [0.2, 0.25) is 0 Å². The van der Waals surface area contributed by atoms with Gasteiger partial charge in [0.05, 0.1) is 0 Å². The molecule has 0 radical (unpaired) electrons. The first-order chi connectivity index (χ1) is 24.1. The highest BCUT2D eigenvalue weighted by molar-refractivity contribution is 6.24. The zero-order valence-corrected chi connectivity index (χ0v) is 27.7. The summed E-state index contributed by atoms with van der Waals surface area (Å²) >= 11 is 0. The van der Waals surface area contributed by atoms with Gasteiger partial charge >= 0.3 is 0 Å². The van der Waals surface area contributed by atoms with Gasteiger partial charge in [0.15, 0.2) is 0 Å². The molecule has 1 aliphatic rings. The second-order valence-corrected chi connectivity index (χ2v) is 14.0. The molecule has 0 N–H and O–H groups in total. The van der Waals surface area contributed by atoms with E-state index >= 15 is 0 Å². The van der Waals surface area contributed by atoms with Gasteiger partial charge in [-0.3, -0.25) is 0 Å². The third-order valence-electron chi connectivity index (χ3n) is 11.0. The highest BCUT2D eigenvalue weighted by Crippen LogP contribution is 2.53. The Hall–Kier alpha value is -5.98. The average Bonchev–Trinajstić information content (AvgIpc) is 3.40. The lowest BCUT2D eigenvalue weighted by Crippen LogP contribution is -2.15. The molecule has 0 amide bonds. The SMILES string of the molecule is CC1(C)c2ccccc2-c2ccc3c(-c4c5ccccc5c(-c5ccc6cc(-c7ccccc7)ccc6c5)c5ccccc45)cccc3c21. The summed E-state index contributed by atoms with van der Waals surface area (Å²) < 4.78 is 0. The Balaban J connectivity index is 1.22. The molecule has 1 aliphatic carbocycles. The number of fused-ring (bicyclic) bond motifs is 8. The van der Waals surface area contributed by atoms with E-state index in [9.17, 15) is 0 Å². The molecule has 9 aromatic carbocycles. The van der Waals surface area contributed by atoms with Gasteiger partial charge in [-0.15, -0.1) is 0 Å². The monoisotopic (exact) mass is 622 g/mol. The zero-order valence-electron chi connectivity index (χ0n) is 27.7. The van der Waals surface area contributed by atoms with Crippen molar-refractivity contribution in [2.45, 2.75) is 19.3 Å². The van der Waals surface area contributed by atoms with Crippen LogP contribution < -0.4 is 0 Å². The molecule has 0 spiro atoms. The van der Waals surface area contributed by atoms with Crippen LogP contribution in [0.15, 0.2) is 170 Å². The zero-order chi connectivity index (χ0) is 32.7. The highest BCUT2D eigenvalue weighted by atomic mass is 14.4. The number of hydrogen-bond donors (Lipinski definition) is 0. The van der Waals surface area contributed by atoms with Crippen molar-refractivity contribution in [2.24, 2.45) is 0 Å². The summed E-state index contributed by atoms with van der Waals surface area (Å²) in [5.74, 6) is 0. The van der Waals surface area contributed by atoms with Crippen LogP contribution in [0.5, 0.6) is 0 Å². The van der Waals surface area contributed by atoms with E-state index in [1.54, 1.807) is 0 Å². The van der Waals surface area contributed by atoms with Crippen LogP contribution in [0.3, 0.4) is 0 Å². The predicted octanol–water partition coefficient (Wildman–Crippen LogP) is 13.6. The maximum Gasteiger partial charge on any atom is 0.0165 e. The Morgan fingerprint density at radius 3 is 1.59 bits per heavy atom. The van der Waals surface area contributed by atoms with Crippen LogP contribution in [0.25, 0.3) is 87.6 Å². The van der Waals surface area contributed by atoms with Gasteiger partial charge in [0.2, 0.25) is 0 Å². The van der Waals surface area contributed by atoms with Gasteiger partial charge in [-0.05, 0) is 111 Å². The quantitative estimate of drug-likeness (QED) is 0.172. The van der Waals surface area contributed by atoms with Crippen molar-refractivity contribution in [3.8, 4) is 44.5 Å². The summed E-state index contributed by atoms with van der Waals surface area (Å²) in [5, 5.41) is 10.3. The van der Waals surface area contributed by atoms with Crippen molar-refractivity contribution in [1.29, 1.82) is 0 Å². The summed E-state index contributed by atoms with van der Waals surface area (Å²) in [4.78, 5) is 0. The fraction of sp³-hybridized carbons (Fsp3) is 0.0612. The molecule has 0 saturated carbocycles. The van der Waals surface area contributed by atoms with Gasteiger partial charge in [-0.1, -0.05) is 172 Å². The van der Waals surface area contributed by atoms with Gasteiger partial charge < -0.3 is 0 Å². The first-order valence-corrected chi connectivity index (χ1v) is 17.3. The Labute approximate surface area is 286 Å². The van der Waals surface area contributed by atoms with Crippen LogP contribution in [0.1, 0.15) is 25.0 Å². The normalized spacial score (nSPS) is 13.3. The van der Waals surface area contributed by atoms with E-state index in [0.717, 1.165) is 0 Å². The summed E-state index contributed by atoms with van der Waals surface area (Å²) in [5.41, 5.74) is 13.1. The van der Waals surface area contributed by atoms with Crippen molar-refractivity contribution >= 4 is 43.1 Å². The lowest BCUT2D eigenvalue weighted by Gasteiger charge is -2.24. The van der Waals surface area contributed by atoms with Crippen LogP contribution in [0, 0.1) is 0 Å². The topological polar surface area (TPSA) is 0 Å². The molecule has 0 unspecified atom stereocenters. The molecule has 0 heterocycles. The molecular formula is C49H34. The third kappa shape index (κ3) is 4.11. The molecule has 0 bridgehead atoms. The van der Waals surface area contributed by atoms with Gasteiger partial charge in [-0.2, -0.15) is 0 Å².